The number of carbonyl (C=O) groups excluding carboxylic acids is 2. The van der Waals surface area contributed by atoms with Crippen LogP contribution in [-0.4, -0.2) is 75.6 Å². The number of rotatable bonds is 12. The summed E-state index contributed by atoms with van der Waals surface area (Å²) in [5, 5.41) is 33.0. The molecule has 0 aromatic carbocycles. The minimum atomic E-state index is -1.49. The first kappa shape index (κ1) is 23.5. The number of thiol groups is 1. The summed E-state index contributed by atoms with van der Waals surface area (Å²) in [6.07, 6.45) is -1.04. The molecule has 12 nitrogen and oxygen atoms in total. The molecule has 3 amide bonds. The van der Waals surface area contributed by atoms with Crippen molar-refractivity contribution in [3.05, 3.63) is 0 Å². The molecule has 8 N–H and O–H groups in total. The Morgan fingerprint density at radius 3 is 1.85 bits per heavy atom. The van der Waals surface area contributed by atoms with E-state index in [1.807, 2.05) is 10.6 Å². The molecule has 0 aliphatic carbocycles. The van der Waals surface area contributed by atoms with Gasteiger partial charge in [0.05, 0.1) is 6.04 Å². The third-order valence-corrected chi connectivity index (χ3v) is 3.51. The molecule has 0 fully saturated rings. The van der Waals surface area contributed by atoms with Gasteiger partial charge in [-0.1, -0.05) is 0 Å². The molecular formula is C13H22N4O8S. The largest absolute Gasteiger partial charge is 0.481 e. The highest BCUT2D eigenvalue weighted by molar-refractivity contribution is 7.80. The SMILES string of the molecule is N[C@@H](CS)C(=O)NCC[C@H](NC(=O)N[C@@H](CCC(=O)O)C(=O)O)C(=O)O. The fourth-order valence-electron chi connectivity index (χ4n) is 1.69. The maximum absolute atomic E-state index is 11.8. The van der Waals surface area contributed by atoms with Gasteiger partial charge in [-0.25, -0.2) is 14.4 Å². The van der Waals surface area contributed by atoms with Gasteiger partial charge in [-0.05, 0) is 12.8 Å². The quantitative estimate of drug-likeness (QED) is 0.169. The molecule has 0 radical (unpaired) electrons. The Hall–Kier alpha value is -2.54. The highest BCUT2D eigenvalue weighted by atomic mass is 32.1. The maximum Gasteiger partial charge on any atom is 0.326 e. The number of carboxylic acids is 3. The summed E-state index contributed by atoms with van der Waals surface area (Å²) in [6.45, 7) is -0.0983. The first-order chi connectivity index (χ1) is 12.1. The Kier molecular flexibility index (Phi) is 10.8. The Balaban J connectivity index is 4.56. The van der Waals surface area contributed by atoms with Crippen LogP contribution < -0.4 is 21.7 Å². The van der Waals surface area contributed by atoms with E-state index in [1.54, 1.807) is 0 Å². The van der Waals surface area contributed by atoms with Crippen molar-refractivity contribution in [2.75, 3.05) is 12.3 Å². The second-order valence-corrected chi connectivity index (χ2v) is 5.57. The van der Waals surface area contributed by atoms with Crippen LogP contribution in [0.3, 0.4) is 0 Å². The minimum Gasteiger partial charge on any atom is -0.481 e. The topological polar surface area (TPSA) is 208 Å². The number of hydrogen-bond acceptors (Lipinski definition) is 7. The van der Waals surface area contributed by atoms with Gasteiger partial charge in [-0.2, -0.15) is 12.6 Å². The molecule has 0 unspecified atom stereocenters. The lowest BCUT2D eigenvalue weighted by Crippen LogP contribution is -2.52. The third-order valence-electron chi connectivity index (χ3n) is 3.12. The highest BCUT2D eigenvalue weighted by Gasteiger charge is 2.25. The number of nitrogens with one attached hydrogen (secondary N) is 3. The van der Waals surface area contributed by atoms with Crippen LogP contribution in [0.5, 0.6) is 0 Å². The maximum atomic E-state index is 11.8. The minimum absolute atomic E-state index is 0.0983. The van der Waals surface area contributed by atoms with Crippen LogP contribution >= 0.6 is 12.6 Å². The predicted molar refractivity (Wildman–Crippen MR) is 90.8 cm³/mol. The molecule has 0 saturated carbocycles. The number of carboxylic acid groups (broad SMARTS) is 3. The summed E-state index contributed by atoms with van der Waals surface area (Å²) >= 11 is 3.84. The standard InChI is InChI=1S/C13H22N4O8S/c14-6(5-26)10(20)15-4-3-8(12(23)24)17-13(25)16-7(11(21)22)1-2-9(18)19/h6-8,26H,1-5,14H2,(H,15,20)(H,18,19)(H,21,22)(H,23,24)(H2,16,17,25)/t6-,7-,8-/m0/s1. The zero-order chi connectivity index (χ0) is 20.3. The number of carbonyl (C=O) groups is 5. The van der Waals surface area contributed by atoms with Crippen molar-refractivity contribution in [1.29, 1.82) is 0 Å². The van der Waals surface area contributed by atoms with Gasteiger partial charge in [-0.3, -0.25) is 9.59 Å². The van der Waals surface area contributed by atoms with E-state index in [0.717, 1.165) is 0 Å². The zero-order valence-corrected chi connectivity index (χ0v) is 14.6. The molecule has 0 saturated heterocycles. The second kappa shape index (κ2) is 11.9. The normalized spacial score (nSPS) is 13.8. The molecule has 0 aromatic heterocycles. The molecule has 0 bridgehead atoms. The fourth-order valence-corrected chi connectivity index (χ4v) is 1.86. The predicted octanol–water partition coefficient (Wildman–Crippen LogP) is -2.18. The van der Waals surface area contributed by atoms with Crippen molar-refractivity contribution in [3.63, 3.8) is 0 Å². The van der Waals surface area contributed by atoms with E-state index in [9.17, 15) is 24.0 Å². The number of amides is 3. The van der Waals surface area contributed by atoms with Gasteiger partial charge in [-0.15, -0.1) is 0 Å². The zero-order valence-electron chi connectivity index (χ0n) is 13.7. The molecule has 0 spiro atoms. The Morgan fingerprint density at radius 2 is 1.42 bits per heavy atom. The second-order valence-electron chi connectivity index (χ2n) is 5.20. The molecule has 0 rings (SSSR count). The van der Waals surface area contributed by atoms with E-state index >= 15 is 0 Å². The summed E-state index contributed by atoms with van der Waals surface area (Å²) in [5.41, 5.74) is 5.42. The number of urea groups is 1. The van der Waals surface area contributed by atoms with Crippen LogP contribution in [0.2, 0.25) is 0 Å². The van der Waals surface area contributed by atoms with Gasteiger partial charge in [0.15, 0.2) is 0 Å². The van der Waals surface area contributed by atoms with Gasteiger partial charge in [0.1, 0.15) is 12.1 Å². The van der Waals surface area contributed by atoms with Crippen LogP contribution in [0.4, 0.5) is 4.79 Å². The number of nitrogens with two attached hydrogens (primary N) is 1. The van der Waals surface area contributed by atoms with Gasteiger partial charge in [0.2, 0.25) is 5.91 Å². The smallest absolute Gasteiger partial charge is 0.326 e. The molecular weight excluding hydrogens is 372 g/mol. The molecule has 0 aromatic rings. The van der Waals surface area contributed by atoms with E-state index in [-0.39, 0.29) is 25.1 Å². The Labute approximate surface area is 153 Å². The van der Waals surface area contributed by atoms with E-state index in [4.69, 9.17) is 21.1 Å². The molecule has 3 atom stereocenters. The summed E-state index contributed by atoms with van der Waals surface area (Å²) in [5.74, 6) is -4.53. The van der Waals surface area contributed by atoms with Gasteiger partial charge < -0.3 is 37.0 Å². The summed E-state index contributed by atoms with van der Waals surface area (Å²) in [4.78, 5) is 55.8. The molecule has 148 valence electrons. The van der Waals surface area contributed by atoms with Crippen molar-refractivity contribution in [2.45, 2.75) is 37.4 Å². The molecule has 0 aliphatic heterocycles. The highest BCUT2D eigenvalue weighted by Crippen LogP contribution is 1.99. The summed E-state index contributed by atoms with van der Waals surface area (Å²) in [6, 6.07) is -4.85. The van der Waals surface area contributed by atoms with Gasteiger partial charge in [0.25, 0.3) is 0 Å². The lowest BCUT2D eigenvalue weighted by molar-refractivity contribution is -0.140. The monoisotopic (exact) mass is 394 g/mol. The van der Waals surface area contributed by atoms with Crippen molar-refractivity contribution in [3.8, 4) is 0 Å². The van der Waals surface area contributed by atoms with Crippen LogP contribution in [0.25, 0.3) is 0 Å². The van der Waals surface area contributed by atoms with Crippen LogP contribution in [0.1, 0.15) is 19.3 Å². The fraction of sp³-hybridized carbons (Fsp3) is 0.615. The first-order valence-corrected chi connectivity index (χ1v) is 8.10. The lowest BCUT2D eigenvalue weighted by Gasteiger charge is -2.18. The van der Waals surface area contributed by atoms with Crippen molar-refractivity contribution in [1.82, 2.24) is 16.0 Å². The lowest BCUT2D eigenvalue weighted by atomic mass is 10.1. The number of aliphatic carboxylic acids is 3. The average Bonchev–Trinajstić information content (AvgIpc) is 2.55. The molecule has 0 heterocycles. The van der Waals surface area contributed by atoms with E-state index in [0.29, 0.717) is 0 Å². The van der Waals surface area contributed by atoms with E-state index in [1.165, 1.54) is 0 Å². The van der Waals surface area contributed by atoms with Crippen molar-refractivity contribution < 1.29 is 39.3 Å². The van der Waals surface area contributed by atoms with Gasteiger partial charge >= 0.3 is 23.9 Å². The average molecular weight is 394 g/mol. The van der Waals surface area contributed by atoms with E-state index in [2.05, 4.69) is 17.9 Å². The van der Waals surface area contributed by atoms with Crippen molar-refractivity contribution in [2.24, 2.45) is 5.73 Å². The Bertz CT molecular complexity index is 544. The van der Waals surface area contributed by atoms with Crippen LogP contribution in [0, 0.1) is 0 Å². The third kappa shape index (κ3) is 9.68. The first-order valence-electron chi connectivity index (χ1n) is 7.47. The molecule has 13 heteroatoms. The van der Waals surface area contributed by atoms with Crippen molar-refractivity contribution >= 4 is 42.5 Å². The number of hydrogen-bond donors (Lipinski definition) is 8. The van der Waals surface area contributed by atoms with E-state index < -0.39 is 54.4 Å². The molecule has 26 heavy (non-hydrogen) atoms. The van der Waals surface area contributed by atoms with Gasteiger partial charge in [0, 0.05) is 18.7 Å². The molecule has 0 aliphatic rings. The van der Waals surface area contributed by atoms with Crippen LogP contribution in [0.15, 0.2) is 0 Å². The summed E-state index contributed by atoms with van der Waals surface area (Å²) < 4.78 is 0. The Morgan fingerprint density at radius 1 is 0.923 bits per heavy atom. The van der Waals surface area contributed by atoms with Crippen LogP contribution in [-0.2, 0) is 19.2 Å². The summed E-state index contributed by atoms with van der Waals surface area (Å²) in [7, 11) is 0.